The van der Waals surface area contributed by atoms with E-state index >= 15 is 0 Å². The second-order valence-corrected chi connectivity index (χ2v) is 5.96. The largest absolute Gasteiger partial charge is 0.444 e. The summed E-state index contributed by atoms with van der Waals surface area (Å²) in [4.78, 5) is 36.7. The zero-order chi connectivity index (χ0) is 16.2. The molecule has 0 unspecified atom stereocenters. The lowest BCUT2D eigenvalue weighted by atomic mass is 10.1. The third kappa shape index (κ3) is 4.09. The number of benzene rings is 1. The van der Waals surface area contributed by atoms with Gasteiger partial charge in [0.1, 0.15) is 5.78 Å². The number of nitrogens with zero attached hydrogens (tertiary/aromatic N) is 1. The lowest BCUT2D eigenvalue weighted by Gasteiger charge is -2.28. The summed E-state index contributed by atoms with van der Waals surface area (Å²) in [5.74, 6) is -0.171. The third-order valence-electron chi connectivity index (χ3n) is 4.17. The Labute approximate surface area is 134 Å². The molecule has 2 fully saturated rings. The summed E-state index contributed by atoms with van der Waals surface area (Å²) in [7, 11) is 0. The molecule has 1 aliphatic carbocycles. The molecule has 0 atom stereocenters. The maximum Gasteiger partial charge on any atom is 0.310 e. The highest BCUT2D eigenvalue weighted by Crippen LogP contribution is 2.29. The number of amides is 1. The van der Waals surface area contributed by atoms with Crippen molar-refractivity contribution in [2.75, 3.05) is 24.7 Å². The quantitative estimate of drug-likeness (QED) is 0.658. The predicted octanol–water partition coefficient (Wildman–Crippen LogP) is 1.50. The van der Waals surface area contributed by atoms with Crippen molar-refractivity contribution in [3.05, 3.63) is 29.8 Å². The van der Waals surface area contributed by atoms with Gasteiger partial charge in [0.2, 0.25) is 0 Å². The van der Waals surface area contributed by atoms with Crippen LogP contribution in [-0.2, 0) is 14.3 Å². The first-order valence-corrected chi connectivity index (χ1v) is 7.95. The molecule has 0 spiro atoms. The molecule has 1 aliphatic heterocycles. The highest BCUT2D eigenvalue weighted by atomic mass is 16.5. The van der Waals surface area contributed by atoms with Crippen molar-refractivity contribution < 1.29 is 19.1 Å². The van der Waals surface area contributed by atoms with Crippen molar-refractivity contribution in [1.29, 1.82) is 0 Å². The molecule has 1 aromatic rings. The van der Waals surface area contributed by atoms with Crippen molar-refractivity contribution in [2.24, 2.45) is 5.92 Å². The highest BCUT2D eigenvalue weighted by molar-refractivity contribution is 5.94. The van der Waals surface area contributed by atoms with E-state index in [-0.39, 0.29) is 24.5 Å². The number of hydrogen-bond donors (Lipinski definition) is 1. The number of carbonyl (C=O) groups excluding carboxylic acids is 3. The Morgan fingerprint density at radius 1 is 1.13 bits per heavy atom. The standard InChI is InChI=1S/C17H20N2O4/c20-15-7-9-19(10-8-15)14-5-3-12(4-6-14)16(21)18-11-23-17(22)13-1-2-13/h3-6,13H,1-2,7-11H2,(H,18,21). The Balaban J connectivity index is 1.48. The van der Waals surface area contributed by atoms with Gasteiger partial charge in [-0.25, -0.2) is 0 Å². The maximum absolute atomic E-state index is 12.0. The van der Waals surface area contributed by atoms with Gasteiger partial charge in [-0.15, -0.1) is 0 Å². The molecule has 0 bridgehead atoms. The smallest absolute Gasteiger partial charge is 0.310 e. The SMILES string of the molecule is O=C1CCN(c2ccc(C(=O)NCOC(=O)C3CC3)cc2)CC1. The number of nitrogens with one attached hydrogen (secondary N) is 1. The van der Waals surface area contributed by atoms with Crippen LogP contribution in [0.2, 0.25) is 0 Å². The van der Waals surface area contributed by atoms with Gasteiger partial charge in [0.15, 0.2) is 6.73 Å². The first-order chi connectivity index (χ1) is 11.1. The maximum atomic E-state index is 12.0. The number of esters is 1. The van der Waals surface area contributed by atoms with Gasteiger partial charge in [0.05, 0.1) is 5.92 Å². The Bertz CT molecular complexity index is 598. The van der Waals surface area contributed by atoms with Crippen LogP contribution < -0.4 is 10.2 Å². The number of rotatable bonds is 5. The Morgan fingerprint density at radius 2 is 1.78 bits per heavy atom. The van der Waals surface area contributed by atoms with Crippen LogP contribution in [0.3, 0.4) is 0 Å². The number of anilines is 1. The summed E-state index contributed by atoms with van der Waals surface area (Å²) >= 11 is 0. The van der Waals surface area contributed by atoms with Crippen molar-refractivity contribution in [1.82, 2.24) is 5.32 Å². The average molecular weight is 316 g/mol. The van der Waals surface area contributed by atoms with E-state index < -0.39 is 0 Å². The molecule has 122 valence electrons. The van der Waals surface area contributed by atoms with Gasteiger partial charge in [-0.2, -0.15) is 0 Å². The lowest BCUT2D eigenvalue weighted by Crippen LogP contribution is -2.33. The molecular weight excluding hydrogens is 296 g/mol. The fraction of sp³-hybridized carbons (Fsp3) is 0.471. The van der Waals surface area contributed by atoms with Gasteiger partial charge in [-0.05, 0) is 37.1 Å². The van der Waals surface area contributed by atoms with Crippen LogP contribution in [0, 0.1) is 5.92 Å². The van der Waals surface area contributed by atoms with Crippen LogP contribution in [0.4, 0.5) is 5.69 Å². The normalized spacial score (nSPS) is 17.7. The summed E-state index contributed by atoms with van der Waals surface area (Å²) in [5.41, 5.74) is 1.53. The molecular formula is C17H20N2O4. The molecule has 3 rings (SSSR count). The molecule has 6 heteroatoms. The number of carbonyl (C=O) groups is 3. The summed E-state index contributed by atoms with van der Waals surface area (Å²) in [6.07, 6.45) is 2.93. The minimum absolute atomic E-state index is 0.0302. The number of piperidine rings is 1. The van der Waals surface area contributed by atoms with E-state index in [0.29, 0.717) is 24.2 Å². The van der Waals surface area contributed by atoms with Gasteiger partial charge in [0, 0.05) is 37.2 Å². The van der Waals surface area contributed by atoms with Crippen molar-refractivity contribution in [3.63, 3.8) is 0 Å². The number of ketones is 1. The topological polar surface area (TPSA) is 75.7 Å². The molecule has 0 radical (unpaired) electrons. The van der Waals surface area contributed by atoms with Crippen LogP contribution in [0.1, 0.15) is 36.0 Å². The number of Topliss-reactive ketones (excluding diaryl/α,β-unsaturated/α-hetero) is 1. The van der Waals surface area contributed by atoms with E-state index in [9.17, 15) is 14.4 Å². The molecule has 1 heterocycles. The van der Waals surface area contributed by atoms with Crippen molar-refractivity contribution in [3.8, 4) is 0 Å². The van der Waals surface area contributed by atoms with Crippen molar-refractivity contribution >= 4 is 23.3 Å². The minimum atomic E-state index is -0.269. The molecule has 6 nitrogen and oxygen atoms in total. The van der Waals surface area contributed by atoms with Gasteiger partial charge in [0.25, 0.3) is 5.91 Å². The summed E-state index contributed by atoms with van der Waals surface area (Å²) in [6.45, 7) is 1.35. The fourth-order valence-corrected chi connectivity index (χ4v) is 2.55. The molecule has 1 N–H and O–H groups in total. The Hall–Kier alpha value is -2.37. The van der Waals surface area contributed by atoms with E-state index in [2.05, 4.69) is 10.2 Å². The second-order valence-electron chi connectivity index (χ2n) is 5.96. The van der Waals surface area contributed by atoms with Gasteiger partial charge in [-0.3, -0.25) is 14.4 Å². The summed E-state index contributed by atoms with van der Waals surface area (Å²) in [5, 5.41) is 2.58. The van der Waals surface area contributed by atoms with Gasteiger partial charge in [-0.1, -0.05) is 0 Å². The van der Waals surface area contributed by atoms with E-state index in [1.54, 1.807) is 12.1 Å². The van der Waals surface area contributed by atoms with Crippen LogP contribution in [0.25, 0.3) is 0 Å². The first-order valence-electron chi connectivity index (χ1n) is 7.95. The third-order valence-corrected chi connectivity index (χ3v) is 4.17. The predicted molar refractivity (Wildman–Crippen MR) is 84.0 cm³/mol. The zero-order valence-corrected chi connectivity index (χ0v) is 12.9. The Kier molecular flexibility index (Phi) is 4.60. The molecule has 0 aromatic heterocycles. The lowest BCUT2D eigenvalue weighted by molar-refractivity contribution is -0.145. The Morgan fingerprint density at radius 3 is 2.39 bits per heavy atom. The van der Waals surface area contributed by atoms with Crippen molar-refractivity contribution in [2.45, 2.75) is 25.7 Å². The number of ether oxygens (including phenoxy) is 1. The second kappa shape index (κ2) is 6.81. The first kappa shape index (κ1) is 15.5. The van der Waals surface area contributed by atoms with Crippen LogP contribution in [-0.4, -0.2) is 37.5 Å². The highest BCUT2D eigenvalue weighted by Gasteiger charge is 2.31. The van der Waals surface area contributed by atoms with E-state index in [1.807, 2.05) is 12.1 Å². The van der Waals surface area contributed by atoms with E-state index in [4.69, 9.17) is 4.74 Å². The summed E-state index contributed by atoms with van der Waals surface area (Å²) < 4.78 is 4.98. The summed E-state index contributed by atoms with van der Waals surface area (Å²) in [6, 6.07) is 7.23. The van der Waals surface area contributed by atoms with Crippen LogP contribution >= 0.6 is 0 Å². The molecule has 2 aliphatic rings. The number of hydrogen-bond acceptors (Lipinski definition) is 5. The van der Waals surface area contributed by atoms with E-state index in [1.165, 1.54) is 0 Å². The average Bonchev–Trinajstić information content (AvgIpc) is 3.40. The van der Waals surface area contributed by atoms with Gasteiger partial charge < -0.3 is 15.0 Å². The van der Waals surface area contributed by atoms with Crippen LogP contribution in [0.5, 0.6) is 0 Å². The molecule has 1 saturated heterocycles. The zero-order valence-electron chi connectivity index (χ0n) is 12.9. The van der Waals surface area contributed by atoms with E-state index in [0.717, 1.165) is 31.6 Å². The fourth-order valence-electron chi connectivity index (χ4n) is 2.55. The molecule has 1 aromatic carbocycles. The van der Waals surface area contributed by atoms with Crippen LogP contribution in [0.15, 0.2) is 24.3 Å². The molecule has 1 amide bonds. The monoisotopic (exact) mass is 316 g/mol. The molecule has 23 heavy (non-hydrogen) atoms. The minimum Gasteiger partial charge on any atom is -0.444 e. The van der Waals surface area contributed by atoms with Gasteiger partial charge >= 0.3 is 5.97 Å². The molecule has 1 saturated carbocycles.